The van der Waals surface area contributed by atoms with Gasteiger partial charge in [0.2, 0.25) is 6.79 Å². The summed E-state index contributed by atoms with van der Waals surface area (Å²) in [7, 11) is 0. The Morgan fingerprint density at radius 2 is 2.17 bits per heavy atom. The lowest BCUT2D eigenvalue weighted by Gasteiger charge is -2.14. The van der Waals surface area contributed by atoms with E-state index in [1.165, 1.54) is 31.2 Å². The Bertz CT molecular complexity index is 379. The highest BCUT2D eigenvalue weighted by Gasteiger charge is 2.17. The van der Waals surface area contributed by atoms with Crippen molar-refractivity contribution >= 4 is 0 Å². The van der Waals surface area contributed by atoms with E-state index in [0.717, 1.165) is 18.0 Å². The van der Waals surface area contributed by atoms with Crippen LogP contribution in [0.5, 0.6) is 11.5 Å². The molecule has 1 aliphatic heterocycles. The van der Waals surface area contributed by atoms with Crippen molar-refractivity contribution in [1.29, 1.82) is 0 Å². The maximum absolute atomic E-state index is 5.50. The smallest absolute Gasteiger partial charge is 0.231 e. The van der Waals surface area contributed by atoms with Crippen LogP contribution in [0.4, 0.5) is 0 Å². The summed E-state index contributed by atoms with van der Waals surface area (Å²) in [6.07, 6.45) is 5.14. The summed E-state index contributed by atoms with van der Waals surface area (Å²) in [6.45, 7) is 5.68. The van der Waals surface area contributed by atoms with Gasteiger partial charge in [-0.3, -0.25) is 0 Å². The molecule has 1 heterocycles. The van der Waals surface area contributed by atoms with Crippen LogP contribution in [0.3, 0.4) is 0 Å². The van der Waals surface area contributed by atoms with E-state index in [9.17, 15) is 0 Å². The van der Waals surface area contributed by atoms with E-state index in [4.69, 9.17) is 9.47 Å². The average Bonchev–Trinajstić information content (AvgIpc) is 2.85. The van der Waals surface area contributed by atoms with Gasteiger partial charge >= 0.3 is 0 Å². The molecule has 1 unspecified atom stereocenters. The molecular weight excluding hydrogens is 226 g/mol. The molecule has 0 amide bonds. The van der Waals surface area contributed by atoms with Crippen LogP contribution >= 0.6 is 0 Å². The number of rotatable bonds is 7. The van der Waals surface area contributed by atoms with Crippen LogP contribution in [-0.4, -0.2) is 12.8 Å². The van der Waals surface area contributed by atoms with Gasteiger partial charge < -0.3 is 14.8 Å². The highest BCUT2D eigenvalue weighted by molar-refractivity contribution is 5.48. The van der Waals surface area contributed by atoms with Gasteiger partial charge in [0, 0.05) is 18.2 Å². The first kappa shape index (κ1) is 13.2. The fourth-order valence-electron chi connectivity index (χ4n) is 2.22. The molecule has 0 bridgehead atoms. The van der Waals surface area contributed by atoms with E-state index in [1.54, 1.807) is 0 Å². The van der Waals surface area contributed by atoms with Crippen LogP contribution in [0.1, 0.15) is 45.1 Å². The van der Waals surface area contributed by atoms with Crippen LogP contribution in [0, 0.1) is 0 Å². The van der Waals surface area contributed by atoms with Crippen molar-refractivity contribution in [3.8, 4) is 11.5 Å². The minimum Gasteiger partial charge on any atom is -0.454 e. The Morgan fingerprint density at radius 3 is 3.00 bits per heavy atom. The Kier molecular flexibility index (Phi) is 4.88. The van der Waals surface area contributed by atoms with Crippen LogP contribution in [-0.2, 0) is 6.54 Å². The third kappa shape index (κ3) is 3.39. The van der Waals surface area contributed by atoms with Gasteiger partial charge in [-0.05, 0) is 19.4 Å². The molecular formula is C15H23NO2. The first-order valence-electron chi connectivity index (χ1n) is 6.92. The molecule has 1 aromatic carbocycles. The molecule has 0 saturated carbocycles. The normalized spacial score (nSPS) is 14.8. The second kappa shape index (κ2) is 6.64. The van der Waals surface area contributed by atoms with Crippen molar-refractivity contribution < 1.29 is 9.47 Å². The number of benzene rings is 1. The molecule has 3 nitrogen and oxygen atoms in total. The highest BCUT2D eigenvalue weighted by Crippen LogP contribution is 2.35. The Balaban J connectivity index is 1.81. The van der Waals surface area contributed by atoms with Gasteiger partial charge in [0.15, 0.2) is 11.5 Å². The molecule has 1 atom stereocenters. The zero-order chi connectivity index (χ0) is 12.8. The summed E-state index contributed by atoms with van der Waals surface area (Å²) in [4.78, 5) is 0. The number of unbranched alkanes of at least 4 members (excludes halogenated alkanes) is 2. The highest BCUT2D eigenvalue weighted by atomic mass is 16.7. The number of hydrogen-bond acceptors (Lipinski definition) is 3. The van der Waals surface area contributed by atoms with Gasteiger partial charge in [0.1, 0.15) is 0 Å². The zero-order valence-corrected chi connectivity index (χ0v) is 11.4. The standard InChI is InChI=1S/C15H23NO2/c1-3-4-5-7-12(2)16-10-13-8-6-9-14-15(13)18-11-17-14/h6,8-9,12,16H,3-5,7,10-11H2,1-2H3. The fourth-order valence-corrected chi connectivity index (χ4v) is 2.22. The summed E-state index contributed by atoms with van der Waals surface area (Å²) in [5.74, 6) is 1.78. The lowest BCUT2D eigenvalue weighted by molar-refractivity contribution is 0.173. The predicted molar refractivity (Wildman–Crippen MR) is 73.0 cm³/mol. The monoisotopic (exact) mass is 249 g/mol. The Morgan fingerprint density at radius 1 is 1.28 bits per heavy atom. The van der Waals surface area contributed by atoms with E-state index in [1.807, 2.05) is 12.1 Å². The predicted octanol–water partition coefficient (Wildman–Crippen LogP) is 3.47. The van der Waals surface area contributed by atoms with Gasteiger partial charge in [0.05, 0.1) is 0 Å². The molecule has 0 aliphatic carbocycles. The Labute approximate surface area is 109 Å². The third-order valence-corrected chi connectivity index (χ3v) is 3.36. The molecule has 0 radical (unpaired) electrons. The second-order valence-corrected chi connectivity index (χ2v) is 4.93. The van der Waals surface area contributed by atoms with E-state index >= 15 is 0 Å². The molecule has 0 spiro atoms. The molecule has 100 valence electrons. The maximum atomic E-state index is 5.50. The van der Waals surface area contributed by atoms with Crippen LogP contribution in [0.25, 0.3) is 0 Å². The SMILES string of the molecule is CCCCCC(C)NCc1cccc2c1OCO2. The Hall–Kier alpha value is -1.22. The van der Waals surface area contributed by atoms with Crippen LogP contribution < -0.4 is 14.8 Å². The maximum Gasteiger partial charge on any atom is 0.231 e. The molecule has 1 aromatic rings. The number of hydrogen-bond donors (Lipinski definition) is 1. The number of nitrogens with one attached hydrogen (secondary N) is 1. The summed E-state index contributed by atoms with van der Waals surface area (Å²) < 4.78 is 10.9. The van der Waals surface area contributed by atoms with Crippen molar-refractivity contribution in [3.05, 3.63) is 23.8 Å². The minimum absolute atomic E-state index is 0.346. The van der Waals surface area contributed by atoms with E-state index < -0.39 is 0 Å². The molecule has 3 heteroatoms. The van der Waals surface area contributed by atoms with Crippen molar-refractivity contribution in [2.75, 3.05) is 6.79 Å². The molecule has 1 aliphatic rings. The zero-order valence-electron chi connectivity index (χ0n) is 11.4. The van der Waals surface area contributed by atoms with Crippen LogP contribution in [0.15, 0.2) is 18.2 Å². The van der Waals surface area contributed by atoms with Crippen molar-refractivity contribution in [1.82, 2.24) is 5.32 Å². The third-order valence-electron chi connectivity index (χ3n) is 3.36. The van der Waals surface area contributed by atoms with E-state index in [-0.39, 0.29) is 0 Å². The first-order valence-corrected chi connectivity index (χ1v) is 6.92. The first-order chi connectivity index (χ1) is 8.81. The second-order valence-electron chi connectivity index (χ2n) is 4.93. The van der Waals surface area contributed by atoms with Crippen molar-refractivity contribution in [3.63, 3.8) is 0 Å². The summed E-state index contributed by atoms with van der Waals surface area (Å²) in [6, 6.07) is 6.62. The van der Waals surface area contributed by atoms with E-state index in [0.29, 0.717) is 12.8 Å². The van der Waals surface area contributed by atoms with Crippen molar-refractivity contribution in [2.45, 2.75) is 52.1 Å². The van der Waals surface area contributed by atoms with Gasteiger partial charge in [0.25, 0.3) is 0 Å². The summed E-state index contributed by atoms with van der Waals surface area (Å²) >= 11 is 0. The molecule has 18 heavy (non-hydrogen) atoms. The number of fused-ring (bicyclic) bond motifs is 1. The van der Waals surface area contributed by atoms with Gasteiger partial charge in [-0.2, -0.15) is 0 Å². The van der Waals surface area contributed by atoms with E-state index in [2.05, 4.69) is 25.2 Å². The quantitative estimate of drug-likeness (QED) is 0.750. The van der Waals surface area contributed by atoms with Gasteiger partial charge in [-0.25, -0.2) is 0 Å². The van der Waals surface area contributed by atoms with Gasteiger partial charge in [-0.1, -0.05) is 38.3 Å². The molecule has 0 saturated heterocycles. The largest absolute Gasteiger partial charge is 0.454 e. The van der Waals surface area contributed by atoms with Gasteiger partial charge in [-0.15, -0.1) is 0 Å². The van der Waals surface area contributed by atoms with Crippen molar-refractivity contribution in [2.24, 2.45) is 0 Å². The molecule has 0 aromatic heterocycles. The summed E-state index contributed by atoms with van der Waals surface area (Å²) in [5.41, 5.74) is 1.19. The fraction of sp³-hybridized carbons (Fsp3) is 0.600. The lowest BCUT2D eigenvalue weighted by Crippen LogP contribution is -2.25. The molecule has 2 rings (SSSR count). The van der Waals surface area contributed by atoms with Crippen LogP contribution in [0.2, 0.25) is 0 Å². The average molecular weight is 249 g/mol. The lowest BCUT2D eigenvalue weighted by atomic mass is 10.1. The molecule has 0 fully saturated rings. The topological polar surface area (TPSA) is 30.5 Å². The number of ether oxygens (including phenoxy) is 2. The molecule has 1 N–H and O–H groups in total. The summed E-state index contributed by atoms with van der Waals surface area (Å²) in [5, 5.41) is 3.55. The number of para-hydroxylation sites is 1. The minimum atomic E-state index is 0.346.